The molecule has 0 saturated carbocycles. The molecule has 0 spiro atoms. The maximum absolute atomic E-state index is 11.9. The third kappa shape index (κ3) is 3.99. The zero-order chi connectivity index (χ0) is 12.8. The van der Waals surface area contributed by atoms with E-state index in [1.54, 1.807) is 11.9 Å². The lowest BCUT2D eigenvalue weighted by molar-refractivity contribution is -0.131. The Morgan fingerprint density at radius 3 is 2.88 bits per heavy atom. The average molecular weight is 238 g/mol. The quantitative estimate of drug-likeness (QED) is 0.733. The molecule has 0 aliphatic carbocycles. The zero-order valence-electron chi connectivity index (χ0n) is 10.7. The molecule has 2 atom stereocenters. The van der Waals surface area contributed by atoms with Crippen LogP contribution in [0.25, 0.3) is 0 Å². The number of hydrogen-bond donors (Lipinski definition) is 1. The summed E-state index contributed by atoms with van der Waals surface area (Å²) >= 11 is 0. The molecule has 0 aromatic rings. The van der Waals surface area contributed by atoms with Gasteiger partial charge in [-0.2, -0.15) is 5.26 Å². The van der Waals surface area contributed by atoms with Gasteiger partial charge < -0.3 is 10.6 Å². The maximum Gasteiger partial charge on any atom is 0.236 e. The van der Waals surface area contributed by atoms with Gasteiger partial charge in [0.05, 0.1) is 19.0 Å². The molecular formula is C12H22N4O. The smallest absolute Gasteiger partial charge is 0.236 e. The summed E-state index contributed by atoms with van der Waals surface area (Å²) in [6.07, 6.45) is 1.47. The monoisotopic (exact) mass is 238 g/mol. The first kappa shape index (κ1) is 13.9. The lowest BCUT2D eigenvalue weighted by Crippen LogP contribution is -2.40. The Hall–Kier alpha value is -1.12. The molecule has 1 fully saturated rings. The van der Waals surface area contributed by atoms with Gasteiger partial charge in [0.25, 0.3) is 0 Å². The molecule has 1 rings (SSSR count). The first-order chi connectivity index (χ1) is 8.08. The molecule has 96 valence electrons. The van der Waals surface area contributed by atoms with E-state index in [2.05, 4.69) is 11.8 Å². The second-order valence-corrected chi connectivity index (χ2v) is 4.84. The first-order valence-electron chi connectivity index (χ1n) is 6.13. The second-order valence-electron chi connectivity index (χ2n) is 4.84. The highest BCUT2D eigenvalue weighted by molar-refractivity contribution is 5.78. The highest BCUT2D eigenvalue weighted by Gasteiger charge is 2.29. The number of nitriles is 1. The number of likely N-dealkylation sites (N-methyl/N-ethyl adjacent to an activating group) is 1. The Kier molecular flexibility index (Phi) is 5.39. The summed E-state index contributed by atoms with van der Waals surface area (Å²) in [5, 5.41) is 8.48. The minimum absolute atomic E-state index is 0.0878. The molecule has 1 saturated heterocycles. The van der Waals surface area contributed by atoms with E-state index in [-0.39, 0.29) is 5.91 Å². The van der Waals surface area contributed by atoms with E-state index < -0.39 is 0 Å². The summed E-state index contributed by atoms with van der Waals surface area (Å²) in [7, 11) is 1.75. The Morgan fingerprint density at radius 1 is 1.65 bits per heavy atom. The number of rotatable bonds is 5. The number of nitrogens with two attached hydrogens (primary N) is 1. The van der Waals surface area contributed by atoms with Crippen molar-refractivity contribution in [2.45, 2.75) is 25.8 Å². The number of amides is 1. The second kappa shape index (κ2) is 6.58. The standard InChI is InChI=1S/C12H22N4O/c1-10-6-11(7-14)8-16(10)9-12(17)15(2)5-3-4-13/h10-11H,3,5-9,14H2,1-2H3. The normalized spacial score (nSPS) is 24.6. The van der Waals surface area contributed by atoms with Gasteiger partial charge in [0.2, 0.25) is 5.91 Å². The fraction of sp³-hybridized carbons (Fsp3) is 0.833. The highest BCUT2D eigenvalue weighted by atomic mass is 16.2. The summed E-state index contributed by atoms with van der Waals surface area (Å²) in [5.74, 6) is 0.604. The molecule has 0 bridgehead atoms. The van der Waals surface area contributed by atoms with Crippen LogP contribution in [0, 0.1) is 17.2 Å². The predicted molar refractivity (Wildman–Crippen MR) is 66.1 cm³/mol. The van der Waals surface area contributed by atoms with E-state index in [0.717, 1.165) is 13.0 Å². The van der Waals surface area contributed by atoms with Gasteiger partial charge in [0.15, 0.2) is 0 Å². The Bertz CT molecular complexity index is 299. The Labute approximate surface area is 103 Å². The minimum Gasteiger partial charge on any atom is -0.344 e. The molecule has 1 amide bonds. The van der Waals surface area contributed by atoms with Gasteiger partial charge >= 0.3 is 0 Å². The van der Waals surface area contributed by atoms with Crippen molar-refractivity contribution >= 4 is 5.91 Å². The number of hydrogen-bond acceptors (Lipinski definition) is 4. The SMILES string of the molecule is CC1CC(CN)CN1CC(=O)N(C)CCC#N. The van der Waals surface area contributed by atoms with Crippen molar-refractivity contribution < 1.29 is 4.79 Å². The number of carbonyl (C=O) groups excluding carboxylic acids is 1. The molecule has 1 aliphatic heterocycles. The molecular weight excluding hydrogens is 216 g/mol. The van der Waals surface area contributed by atoms with Crippen molar-refractivity contribution in [3.8, 4) is 6.07 Å². The molecule has 5 heteroatoms. The predicted octanol–water partition coefficient (Wildman–Crippen LogP) is 0.0276. The molecule has 17 heavy (non-hydrogen) atoms. The maximum atomic E-state index is 11.9. The van der Waals surface area contributed by atoms with Gasteiger partial charge in [-0.1, -0.05) is 0 Å². The summed E-state index contributed by atoms with van der Waals surface area (Å²) < 4.78 is 0. The number of carbonyl (C=O) groups is 1. The van der Waals surface area contributed by atoms with E-state index in [0.29, 0.717) is 38.0 Å². The van der Waals surface area contributed by atoms with Crippen molar-refractivity contribution in [3.63, 3.8) is 0 Å². The van der Waals surface area contributed by atoms with Crippen LogP contribution in [0.1, 0.15) is 19.8 Å². The lowest BCUT2D eigenvalue weighted by Gasteiger charge is -2.23. The van der Waals surface area contributed by atoms with Gasteiger partial charge in [0.1, 0.15) is 0 Å². The van der Waals surface area contributed by atoms with Crippen LogP contribution in [0.5, 0.6) is 0 Å². The Balaban J connectivity index is 2.38. The van der Waals surface area contributed by atoms with Crippen molar-refractivity contribution in [3.05, 3.63) is 0 Å². The molecule has 5 nitrogen and oxygen atoms in total. The highest BCUT2D eigenvalue weighted by Crippen LogP contribution is 2.21. The van der Waals surface area contributed by atoms with Crippen molar-refractivity contribution in [2.75, 3.05) is 33.2 Å². The van der Waals surface area contributed by atoms with Crippen LogP contribution in [0.2, 0.25) is 0 Å². The van der Waals surface area contributed by atoms with Gasteiger partial charge in [-0.05, 0) is 25.8 Å². The molecule has 0 aromatic heterocycles. The topological polar surface area (TPSA) is 73.4 Å². The van der Waals surface area contributed by atoms with Gasteiger partial charge in [-0.3, -0.25) is 9.69 Å². The first-order valence-corrected chi connectivity index (χ1v) is 6.13. The van der Waals surface area contributed by atoms with E-state index in [1.165, 1.54) is 0 Å². The van der Waals surface area contributed by atoms with Crippen LogP contribution in [0.3, 0.4) is 0 Å². The minimum atomic E-state index is 0.0878. The van der Waals surface area contributed by atoms with E-state index in [9.17, 15) is 4.79 Å². The van der Waals surface area contributed by atoms with Gasteiger partial charge in [0, 0.05) is 26.2 Å². The number of likely N-dealkylation sites (tertiary alicyclic amines) is 1. The average Bonchev–Trinajstić information content (AvgIpc) is 2.67. The van der Waals surface area contributed by atoms with Crippen LogP contribution < -0.4 is 5.73 Å². The molecule has 1 aliphatic rings. The van der Waals surface area contributed by atoms with Crippen molar-refractivity contribution in [2.24, 2.45) is 11.7 Å². The third-order valence-electron chi connectivity index (χ3n) is 3.45. The third-order valence-corrected chi connectivity index (χ3v) is 3.45. The molecule has 0 aromatic carbocycles. The summed E-state index contributed by atoms with van der Waals surface area (Å²) in [6, 6.07) is 2.48. The van der Waals surface area contributed by atoms with Gasteiger partial charge in [-0.25, -0.2) is 0 Å². The number of nitrogens with zero attached hydrogens (tertiary/aromatic N) is 3. The molecule has 2 N–H and O–H groups in total. The van der Waals surface area contributed by atoms with Crippen LogP contribution in [-0.4, -0.2) is 55.0 Å². The van der Waals surface area contributed by atoms with Crippen LogP contribution in [0.4, 0.5) is 0 Å². The van der Waals surface area contributed by atoms with E-state index in [1.807, 2.05) is 6.07 Å². The van der Waals surface area contributed by atoms with Crippen LogP contribution in [-0.2, 0) is 4.79 Å². The molecule has 0 radical (unpaired) electrons. The summed E-state index contributed by atoms with van der Waals surface area (Å²) in [6.45, 7) is 4.70. The summed E-state index contributed by atoms with van der Waals surface area (Å²) in [5.41, 5.74) is 5.66. The molecule has 1 heterocycles. The lowest BCUT2D eigenvalue weighted by atomic mass is 10.1. The Morgan fingerprint density at radius 2 is 2.35 bits per heavy atom. The van der Waals surface area contributed by atoms with E-state index in [4.69, 9.17) is 11.0 Å². The fourth-order valence-electron chi connectivity index (χ4n) is 2.25. The summed E-state index contributed by atoms with van der Waals surface area (Å²) in [4.78, 5) is 15.7. The van der Waals surface area contributed by atoms with Crippen LogP contribution in [0.15, 0.2) is 0 Å². The van der Waals surface area contributed by atoms with Crippen LogP contribution >= 0.6 is 0 Å². The van der Waals surface area contributed by atoms with Crippen molar-refractivity contribution in [1.29, 1.82) is 5.26 Å². The molecule has 2 unspecified atom stereocenters. The zero-order valence-corrected chi connectivity index (χ0v) is 10.7. The largest absolute Gasteiger partial charge is 0.344 e. The van der Waals surface area contributed by atoms with E-state index >= 15 is 0 Å². The van der Waals surface area contributed by atoms with Crippen molar-refractivity contribution in [1.82, 2.24) is 9.80 Å². The fourth-order valence-corrected chi connectivity index (χ4v) is 2.25. The van der Waals surface area contributed by atoms with Gasteiger partial charge in [-0.15, -0.1) is 0 Å².